The van der Waals surface area contributed by atoms with E-state index in [2.05, 4.69) is 4.72 Å². The standard InChI is InChI=1S/C13H27N3O3S.ClH/c1-3-5-12(14)13(17)16-8-6-11(7-9-16)15-20(18,19)10-4-2;/h11-12,15H,3-10,14H2,1-2H3;1H. The first-order valence-corrected chi connectivity index (χ1v) is 9.09. The number of rotatable bonds is 7. The van der Waals surface area contributed by atoms with Gasteiger partial charge in [-0.1, -0.05) is 20.3 Å². The number of nitrogens with two attached hydrogens (primary N) is 1. The van der Waals surface area contributed by atoms with Crippen molar-refractivity contribution in [2.75, 3.05) is 18.8 Å². The van der Waals surface area contributed by atoms with Gasteiger partial charge in [-0.3, -0.25) is 4.79 Å². The summed E-state index contributed by atoms with van der Waals surface area (Å²) in [5, 5.41) is 0. The molecule has 0 spiro atoms. The maximum atomic E-state index is 12.0. The molecule has 1 atom stereocenters. The van der Waals surface area contributed by atoms with Crippen LogP contribution in [0, 0.1) is 0 Å². The zero-order valence-electron chi connectivity index (χ0n) is 12.9. The van der Waals surface area contributed by atoms with E-state index in [-0.39, 0.29) is 30.1 Å². The van der Waals surface area contributed by atoms with Crippen LogP contribution in [-0.4, -0.2) is 50.2 Å². The molecule has 3 N–H and O–H groups in total. The lowest BCUT2D eigenvalue weighted by atomic mass is 10.0. The van der Waals surface area contributed by atoms with Gasteiger partial charge < -0.3 is 10.6 Å². The number of nitrogens with zero attached hydrogens (tertiary/aromatic N) is 1. The van der Waals surface area contributed by atoms with Crippen LogP contribution in [0.3, 0.4) is 0 Å². The van der Waals surface area contributed by atoms with E-state index in [1.807, 2.05) is 13.8 Å². The summed E-state index contributed by atoms with van der Waals surface area (Å²) < 4.78 is 26.1. The molecule has 0 saturated carbocycles. The molecule has 1 unspecified atom stereocenters. The summed E-state index contributed by atoms with van der Waals surface area (Å²) in [6.07, 6.45) is 3.52. The van der Waals surface area contributed by atoms with Crippen LogP contribution in [-0.2, 0) is 14.8 Å². The Bertz CT molecular complexity index is 409. The van der Waals surface area contributed by atoms with Crippen LogP contribution in [0.25, 0.3) is 0 Å². The topological polar surface area (TPSA) is 92.5 Å². The zero-order chi connectivity index (χ0) is 15.2. The Morgan fingerprint density at radius 1 is 1.29 bits per heavy atom. The van der Waals surface area contributed by atoms with Gasteiger partial charge in [0.15, 0.2) is 0 Å². The van der Waals surface area contributed by atoms with E-state index in [1.165, 1.54) is 0 Å². The fourth-order valence-corrected chi connectivity index (χ4v) is 3.87. The lowest BCUT2D eigenvalue weighted by molar-refractivity contribution is -0.133. The van der Waals surface area contributed by atoms with Crippen molar-refractivity contribution >= 4 is 28.3 Å². The van der Waals surface area contributed by atoms with Crippen molar-refractivity contribution in [1.82, 2.24) is 9.62 Å². The summed E-state index contributed by atoms with van der Waals surface area (Å²) in [5.41, 5.74) is 5.83. The molecular formula is C13H28ClN3O3S. The van der Waals surface area contributed by atoms with Gasteiger partial charge in [-0.2, -0.15) is 0 Å². The maximum absolute atomic E-state index is 12.0. The van der Waals surface area contributed by atoms with Gasteiger partial charge in [-0.15, -0.1) is 12.4 Å². The molecule has 1 saturated heterocycles. The number of carbonyl (C=O) groups is 1. The third-order valence-electron chi connectivity index (χ3n) is 3.54. The molecule has 0 aromatic heterocycles. The minimum absolute atomic E-state index is 0. The van der Waals surface area contributed by atoms with Crippen molar-refractivity contribution < 1.29 is 13.2 Å². The van der Waals surface area contributed by atoms with Crippen LogP contribution in [0.1, 0.15) is 46.0 Å². The summed E-state index contributed by atoms with van der Waals surface area (Å²) in [6.45, 7) is 5.00. The molecule has 6 nitrogen and oxygen atoms in total. The number of nitrogens with one attached hydrogen (secondary N) is 1. The molecule has 126 valence electrons. The Balaban J connectivity index is 0.00000400. The monoisotopic (exact) mass is 341 g/mol. The highest BCUT2D eigenvalue weighted by molar-refractivity contribution is 7.89. The van der Waals surface area contributed by atoms with Gasteiger partial charge in [0, 0.05) is 19.1 Å². The zero-order valence-corrected chi connectivity index (χ0v) is 14.5. The third kappa shape index (κ3) is 6.95. The van der Waals surface area contributed by atoms with Gasteiger partial charge in [0.1, 0.15) is 0 Å². The van der Waals surface area contributed by atoms with Gasteiger partial charge in [0.05, 0.1) is 11.8 Å². The Morgan fingerprint density at radius 2 is 1.86 bits per heavy atom. The minimum Gasteiger partial charge on any atom is -0.341 e. The quantitative estimate of drug-likeness (QED) is 0.718. The summed E-state index contributed by atoms with van der Waals surface area (Å²) in [5.74, 6) is 0.148. The Hall–Kier alpha value is -0.370. The van der Waals surface area contributed by atoms with Crippen LogP contribution in [0.4, 0.5) is 0 Å². The smallest absolute Gasteiger partial charge is 0.239 e. The first-order chi connectivity index (χ1) is 9.39. The molecule has 21 heavy (non-hydrogen) atoms. The molecule has 1 fully saturated rings. The predicted molar refractivity (Wildman–Crippen MR) is 86.9 cm³/mol. The number of hydrogen-bond donors (Lipinski definition) is 2. The fraction of sp³-hybridized carbons (Fsp3) is 0.923. The normalized spacial score (nSPS) is 18.1. The number of hydrogen-bond acceptors (Lipinski definition) is 4. The fourth-order valence-electron chi connectivity index (χ4n) is 2.47. The number of sulfonamides is 1. The minimum atomic E-state index is -3.17. The van der Waals surface area contributed by atoms with E-state index in [0.29, 0.717) is 38.8 Å². The SMILES string of the molecule is CCCC(N)C(=O)N1CCC(NS(=O)(=O)CCC)CC1.Cl. The van der Waals surface area contributed by atoms with Crippen molar-refractivity contribution in [3.05, 3.63) is 0 Å². The van der Waals surface area contributed by atoms with Crippen LogP contribution >= 0.6 is 12.4 Å². The van der Waals surface area contributed by atoms with Crippen molar-refractivity contribution in [3.63, 3.8) is 0 Å². The van der Waals surface area contributed by atoms with E-state index in [9.17, 15) is 13.2 Å². The van der Waals surface area contributed by atoms with Crippen LogP contribution in [0.2, 0.25) is 0 Å². The van der Waals surface area contributed by atoms with E-state index < -0.39 is 16.1 Å². The first kappa shape index (κ1) is 20.6. The predicted octanol–water partition coefficient (Wildman–Crippen LogP) is 0.856. The number of piperidine rings is 1. The first-order valence-electron chi connectivity index (χ1n) is 7.44. The molecule has 1 heterocycles. The molecule has 1 amide bonds. The molecule has 8 heteroatoms. The molecule has 0 bridgehead atoms. The number of carbonyl (C=O) groups excluding carboxylic acids is 1. The molecular weight excluding hydrogens is 314 g/mol. The molecule has 0 aliphatic carbocycles. The van der Waals surface area contributed by atoms with Crippen molar-refractivity contribution in [2.24, 2.45) is 5.73 Å². The molecule has 0 radical (unpaired) electrons. The molecule has 0 aromatic carbocycles. The van der Waals surface area contributed by atoms with Gasteiger partial charge in [-0.05, 0) is 25.7 Å². The molecule has 1 aliphatic heterocycles. The van der Waals surface area contributed by atoms with Crippen LogP contribution in [0.5, 0.6) is 0 Å². The van der Waals surface area contributed by atoms with E-state index >= 15 is 0 Å². The second kappa shape index (κ2) is 9.61. The van der Waals surface area contributed by atoms with Crippen molar-refractivity contribution in [3.8, 4) is 0 Å². The summed E-state index contributed by atoms with van der Waals surface area (Å²) in [4.78, 5) is 13.8. The van der Waals surface area contributed by atoms with E-state index in [0.717, 1.165) is 6.42 Å². The maximum Gasteiger partial charge on any atom is 0.239 e. The highest BCUT2D eigenvalue weighted by atomic mass is 35.5. The van der Waals surface area contributed by atoms with Crippen molar-refractivity contribution in [2.45, 2.75) is 58.0 Å². The van der Waals surface area contributed by atoms with E-state index in [4.69, 9.17) is 5.73 Å². The Morgan fingerprint density at radius 3 is 2.33 bits per heavy atom. The highest BCUT2D eigenvalue weighted by Gasteiger charge is 2.27. The largest absolute Gasteiger partial charge is 0.341 e. The number of likely N-dealkylation sites (tertiary alicyclic amines) is 1. The third-order valence-corrected chi connectivity index (χ3v) is 5.18. The average molecular weight is 342 g/mol. The summed E-state index contributed by atoms with van der Waals surface area (Å²) in [7, 11) is -3.17. The van der Waals surface area contributed by atoms with Crippen LogP contribution < -0.4 is 10.5 Å². The second-order valence-corrected chi connectivity index (χ2v) is 7.30. The number of amides is 1. The highest BCUT2D eigenvalue weighted by Crippen LogP contribution is 2.13. The van der Waals surface area contributed by atoms with Crippen molar-refractivity contribution in [1.29, 1.82) is 0 Å². The van der Waals surface area contributed by atoms with Gasteiger partial charge in [0.25, 0.3) is 0 Å². The number of halogens is 1. The van der Waals surface area contributed by atoms with Gasteiger partial charge >= 0.3 is 0 Å². The Kier molecular flexibility index (Phi) is 9.44. The van der Waals surface area contributed by atoms with Gasteiger partial charge in [0.2, 0.25) is 15.9 Å². The summed E-state index contributed by atoms with van der Waals surface area (Å²) in [6, 6.07) is -0.480. The lowest BCUT2D eigenvalue weighted by Crippen LogP contribution is -2.51. The Labute approximate surface area is 134 Å². The average Bonchev–Trinajstić information content (AvgIpc) is 2.38. The van der Waals surface area contributed by atoms with E-state index in [1.54, 1.807) is 4.90 Å². The van der Waals surface area contributed by atoms with Crippen LogP contribution in [0.15, 0.2) is 0 Å². The summed E-state index contributed by atoms with van der Waals surface area (Å²) >= 11 is 0. The molecule has 0 aromatic rings. The lowest BCUT2D eigenvalue weighted by Gasteiger charge is -2.33. The molecule has 1 aliphatic rings. The second-order valence-electron chi connectivity index (χ2n) is 5.43. The van der Waals surface area contributed by atoms with Gasteiger partial charge in [-0.25, -0.2) is 13.1 Å². The molecule has 1 rings (SSSR count).